The van der Waals surface area contributed by atoms with Crippen LogP contribution in [0.3, 0.4) is 0 Å². The Labute approximate surface area is 117 Å². The molecule has 1 unspecified atom stereocenters. The summed E-state index contributed by atoms with van der Waals surface area (Å²) >= 11 is 0. The van der Waals surface area contributed by atoms with Crippen molar-refractivity contribution in [2.24, 2.45) is 0 Å². The van der Waals surface area contributed by atoms with Gasteiger partial charge in [-0.1, -0.05) is 60.7 Å². The molecule has 20 heavy (non-hydrogen) atoms. The van der Waals surface area contributed by atoms with E-state index in [0.29, 0.717) is 5.56 Å². The van der Waals surface area contributed by atoms with E-state index in [1.165, 1.54) is 4.90 Å². The summed E-state index contributed by atoms with van der Waals surface area (Å²) in [7, 11) is 1.68. The Morgan fingerprint density at radius 1 is 0.950 bits per heavy atom. The molecule has 0 spiro atoms. The van der Waals surface area contributed by atoms with Crippen molar-refractivity contribution in [1.29, 1.82) is 0 Å². The second kappa shape index (κ2) is 4.62. The lowest BCUT2D eigenvalue weighted by atomic mass is 9.94. The highest BCUT2D eigenvalue weighted by molar-refractivity contribution is 6.01. The van der Waals surface area contributed by atoms with Gasteiger partial charge in [0.05, 0.1) is 5.70 Å². The van der Waals surface area contributed by atoms with Crippen molar-refractivity contribution in [3.8, 4) is 0 Å². The van der Waals surface area contributed by atoms with Crippen LogP contribution >= 0.6 is 0 Å². The molecule has 0 bridgehead atoms. The van der Waals surface area contributed by atoms with Gasteiger partial charge in [-0.25, -0.2) is 0 Å². The van der Waals surface area contributed by atoms with Gasteiger partial charge in [0.15, 0.2) is 5.60 Å². The number of amides is 1. The van der Waals surface area contributed by atoms with Crippen LogP contribution in [0, 0.1) is 0 Å². The molecule has 0 fully saturated rings. The number of rotatable bonds is 2. The summed E-state index contributed by atoms with van der Waals surface area (Å²) in [6, 6.07) is 18.6. The molecule has 1 heterocycles. The Kier molecular flexibility index (Phi) is 2.92. The fourth-order valence-corrected chi connectivity index (χ4v) is 2.51. The minimum absolute atomic E-state index is 0.331. The van der Waals surface area contributed by atoms with Crippen LogP contribution in [-0.2, 0) is 10.4 Å². The fourth-order valence-electron chi connectivity index (χ4n) is 2.51. The number of nitrogens with zero attached hydrogens (tertiary/aromatic N) is 1. The van der Waals surface area contributed by atoms with Crippen molar-refractivity contribution in [2.75, 3.05) is 7.05 Å². The summed E-state index contributed by atoms with van der Waals surface area (Å²) in [6.45, 7) is 0. The molecule has 0 aliphatic carbocycles. The molecule has 1 aliphatic rings. The van der Waals surface area contributed by atoms with Crippen LogP contribution in [0.2, 0.25) is 0 Å². The van der Waals surface area contributed by atoms with Crippen molar-refractivity contribution in [1.82, 2.24) is 4.90 Å². The lowest BCUT2D eigenvalue weighted by molar-refractivity contribution is -0.140. The second-order valence-corrected chi connectivity index (χ2v) is 4.89. The molecule has 0 aromatic heterocycles. The minimum atomic E-state index is -1.58. The van der Waals surface area contributed by atoms with Gasteiger partial charge in [0.2, 0.25) is 0 Å². The first kappa shape index (κ1) is 12.6. The highest BCUT2D eigenvalue weighted by atomic mass is 16.3. The Balaban J connectivity index is 2.11. The van der Waals surface area contributed by atoms with Crippen molar-refractivity contribution in [3.05, 3.63) is 77.9 Å². The van der Waals surface area contributed by atoms with E-state index < -0.39 is 5.60 Å². The molecule has 0 saturated heterocycles. The summed E-state index contributed by atoms with van der Waals surface area (Å²) in [5.74, 6) is -0.331. The van der Waals surface area contributed by atoms with E-state index in [9.17, 15) is 9.90 Å². The summed E-state index contributed by atoms with van der Waals surface area (Å²) in [5, 5.41) is 10.8. The first-order valence-electron chi connectivity index (χ1n) is 6.47. The van der Waals surface area contributed by atoms with Crippen LogP contribution in [0.4, 0.5) is 0 Å². The second-order valence-electron chi connectivity index (χ2n) is 4.89. The fraction of sp³-hybridized carbons (Fsp3) is 0.118. The average Bonchev–Trinajstić information content (AvgIpc) is 2.75. The highest BCUT2D eigenvalue weighted by Gasteiger charge is 2.44. The molecule has 100 valence electrons. The van der Waals surface area contributed by atoms with E-state index in [0.717, 1.165) is 11.3 Å². The van der Waals surface area contributed by atoms with Crippen molar-refractivity contribution >= 4 is 11.6 Å². The zero-order chi connectivity index (χ0) is 14.2. The van der Waals surface area contributed by atoms with Crippen LogP contribution in [0.5, 0.6) is 0 Å². The van der Waals surface area contributed by atoms with E-state index in [4.69, 9.17) is 0 Å². The monoisotopic (exact) mass is 265 g/mol. The third kappa shape index (κ3) is 1.84. The van der Waals surface area contributed by atoms with E-state index >= 15 is 0 Å². The topological polar surface area (TPSA) is 40.5 Å². The lowest BCUT2D eigenvalue weighted by Crippen LogP contribution is -2.37. The van der Waals surface area contributed by atoms with Gasteiger partial charge >= 0.3 is 0 Å². The number of carbonyl (C=O) groups excluding carboxylic acids is 1. The SMILES string of the molecule is CN1C(=O)C(O)(c2ccccc2)C=C1c1ccccc1. The van der Waals surface area contributed by atoms with Gasteiger partial charge in [-0.15, -0.1) is 0 Å². The van der Waals surface area contributed by atoms with Crippen LogP contribution in [-0.4, -0.2) is 23.0 Å². The predicted octanol–water partition coefficient (Wildman–Crippen LogP) is 2.39. The van der Waals surface area contributed by atoms with Gasteiger partial charge in [0.25, 0.3) is 5.91 Å². The van der Waals surface area contributed by atoms with E-state index in [1.807, 2.05) is 48.5 Å². The number of carbonyl (C=O) groups is 1. The number of benzene rings is 2. The summed E-state index contributed by atoms with van der Waals surface area (Å²) in [5.41, 5.74) is 0.640. The maximum Gasteiger partial charge on any atom is 0.267 e. The zero-order valence-electron chi connectivity index (χ0n) is 11.2. The molecule has 0 saturated carbocycles. The molecule has 3 heteroatoms. The highest BCUT2D eigenvalue weighted by Crippen LogP contribution is 2.37. The normalized spacial score (nSPS) is 22.0. The van der Waals surface area contributed by atoms with E-state index in [1.54, 1.807) is 25.3 Å². The minimum Gasteiger partial charge on any atom is -0.372 e. The molecular formula is C17H15NO2. The molecular weight excluding hydrogens is 250 g/mol. The van der Waals surface area contributed by atoms with Crippen LogP contribution in [0.25, 0.3) is 5.70 Å². The molecule has 3 rings (SSSR count). The Hall–Kier alpha value is -2.39. The van der Waals surface area contributed by atoms with Crippen molar-refractivity contribution < 1.29 is 9.90 Å². The average molecular weight is 265 g/mol. The predicted molar refractivity (Wildman–Crippen MR) is 77.5 cm³/mol. The smallest absolute Gasteiger partial charge is 0.267 e. The van der Waals surface area contributed by atoms with Crippen LogP contribution in [0.1, 0.15) is 11.1 Å². The van der Waals surface area contributed by atoms with Crippen LogP contribution < -0.4 is 0 Å². The van der Waals surface area contributed by atoms with E-state index in [-0.39, 0.29) is 5.91 Å². The first-order chi connectivity index (χ1) is 9.63. The lowest BCUT2D eigenvalue weighted by Gasteiger charge is -2.21. The van der Waals surface area contributed by atoms with Crippen LogP contribution in [0.15, 0.2) is 66.7 Å². The summed E-state index contributed by atoms with van der Waals surface area (Å²) in [6.07, 6.45) is 1.62. The Morgan fingerprint density at radius 2 is 1.50 bits per heavy atom. The van der Waals surface area contributed by atoms with Gasteiger partial charge in [-0.3, -0.25) is 4.79 Å². The third-order valence-electron chi connectivity index (χ3n) is 3.62. The van der Waals surface area contributed by atoms with Gasteiger partial charge in [-0.2, -0.15) is 0 Å². The number of hydrogen-bond acceptors (Lipinski definition) is 2. The maximum atomic E-state index is 12.4. The maximum absolute atomic E-state index is 12.4. The Morgan fingerprint density at radius 3 is 2.10 bits per heavy atom. The zero-order valence-corrected chi connectivity index (χ0v) is 11.2. The van der Waals surface area contributed by atoms with Gasteiger partial charge in [0.1, 0.15) is 0 Å². The Bertz CT molecular complexity index is 664. The third-order valence-corrected chi connectivity index (χ3v) is 3.62. The first-order valence-corrected chi connectivity index (χ1v) is 6.47. The molecule has 0 radical (unpaired) electrons. The van der Waals surface area contributed by atoms with Gasteiger partial charge in [0, 0.05) is 7.05 Å². The standard InChI is InChI=1S/C17H15NO2/c1-18-15(13-8-4-2-5-9-13)12-17(20,16(18)19)14-10-6-3-7-11-14/h2-12,20H,1H3. The molecule has 3 nitrogen and oxygen atoms in total. The van der Waals surface area contributed by atoms with Crippen molar-refractivity contribution in [2.45, 2.75) is 5.60 Å². The molecule has 1 aliphatic heterocycles. The number of hydrogen-bond donors (Lipinski definition) is 1. The molecule has 1 N–H and O–H groups in total. The largest absolute Gasteiger partial charge is 0.372 e. The number of likely N-dealkylation sites (N-methyl/N-ethyl adjacent to an activating group) is 1. The molecule has 1 amide bonds. The molecule has 1 atom stereocenters. The van der Waals surface area contributed by atoms with Crippen molar-refractivity contribution in [3.63, 3.8) is 0 Å². The quantitative estimate of drug-likeness (QED) is 0.905. The van der Waals surface area contributed by atoms with Gasteiger partial charge in [-0.05, 0) is 17.2 Å². The molecule has 2 aromatic carbocycles. The molecule has 2 aromatic rings. The van der Waals surface area contributed by atoms with Gasteiger partial charge < -0.3 is 10.0 Å². The van der Waals surface area contributed by atoms with E-state index in [2.05, 4.69) is 0 Å². The summed E-state index contributed by atoms with van der Waals surface area (Å²) in [4.78, 5) is 13.9. The summed E-state index contributed by atoms with van der Waals surface area (Å²) < 4.78 is 0. The number of aliphatic hydroxyl groups is 1.